The molecule has 0 saturated heterocycles. The van der Waals surface area contributed by atoms with Crippen LogP contribution >= 0.6 is 0 Å². The van der Waals surface area contributed by atoms with Gasteiger partial charge < -0.3 is 25.4 Å². The van der Waals surface area contributed by atoms with E-state index < -0.39 is 24.2 Å². The fourth-order valence-electron chi connectivity index (χ4n) is 4.69. The summed E-state index contributed by atoms with van der Waals surface area (Å²) >= 11 is 0. The number of amides is 1. The van der Waals surface area contributed by atoms with Crippen molar-refractivity contribution in [1.29, 1.82) is 0 Å². The molecule has 0 unspecified atom stereocenters. The third kappa shape index (κ3) is 4.38. The number of hydrogen-bond donors (Lipinski definition) is 4. The van der Waals surface area contributed by atoms with Crippen LogP contribution in [-0.2, 0) is 11.3 Å². The average molecular weight is 489 g/mol. The first kappa shape index (κ1) is 23.8. The van der Waals surface area contributed by atoms with Crippen LogP contribution in [0.3, 0.4) is 0 Å². The van der Waals surface area contributed by atoms with Gasteiger partial charge in [-0.1, -0.05) is 6.07 Å². The number of aryl methyl sites for hydroxylation is 2. The van der Waals surface area contributed by atoms with Gasteiger partial charge in [0, 0.05) is 30.7 Å². The normalized spacial score (nSPS) is 21.6. The minimum Gasteiger partial charge on any atom is -0.390 e. The molecule has 1 amide bonds. The maximum Gasteiger partial charge on any atom is 0.225 e. The number of imidazole rings is 1. The second-order valence-corrected chi connectivity index (χ2v) is 9.10. The van der Waals surface area contributed by atoms with Gasteiger partial charge in [0.15, 0.2) is 17.3 Å². The third-order valence-corrected chi connectivity index (χ3v) is 6.53. The van der Waals surface area contributed by atoms with Crippen molar-refractivity contribution in [3.05, 3.63) is 59.9 Å². The van der Waals surface area contributed by atoms with Crippen LogP contribution in [0.25, 0.3) is 22.6 Å². The van der Waals surface area contributed by atoms with Crippen molar-refractivity contribution >= 4 is 22.9 Å². The minimum absolute atomic E-state index is 0.245. The van der Waals surface area contributed by atoms with E-state index in [1.54, 1.807) is 23.3 Å². The summed E-state index contributed by atoms with van der Waals surface area (Å²) in [7, 11) is 1.51. The number of nitrogens with zero attached hydrogens (tertiary/aromatic N) is 6. The van der Waals surface area contributed by atoms with Gasteiger partial charge in [-0.05, 0) is 44.0 Å². The maximum atomic E-state index is 12.3. The Hall–Kier alpha value is -3.96. The molecule has 5 rings (SSSR count). The summed E-state index contributed by atoms with van der Waals surface area (Å²) in [6, 6.07) is 7.17. The molecule has 1 aliphatic rings. The SMILES string of the molecule is CNC(=O)[C@H]1C[C@@H](n2cnc3c(NCc4cccc(C)n4)nc(-c4cncc(C)c4)nc32)[C@H](O)[C@@H]1O. The smallest absolute Gasteiger partial charge is 0.225 e. The number of pyridine rings is 2. The summed E-state index contributed by atoms with van der Waals surface area (Å²) < 4.78 is 1.72. The van der Waals surface area contributed by atoms with Gasteiger partial charge in [0.05, 0.1) is 36.6 Å². The fraction of sp³-hybridized carbons (Fsp3) is 0.360. The molecule has 0 aliphatic heterocycles. The van der Waals surface area contributed by atoms with E-state index in [4.69, 9.17) is 9.97 Å². The van der Waals surface area contributed by atoms with Gasteiger partial charge in [0.2, 0.25) is 5.91 Å². The Balaban J connectivity index is 1.58. The molecule has 0 radical (unpaired) electrons. The lowest BCUT2D eigenvalue weighted by Gasteiger charge is -2.18. The molecular weight excluding hydrogens is 460 g/mol. The number of carbonyl (C=O) groups is 1. The lowest BCUT2D eigenvalue weighted by molar-refractivity contribution is -0.128. The molecule has 1 saturated carbocycles. The molecule has 36 heavy (non-hydrogen) atoms. The van der Waals surface area contributed by atoms with Crippen LogP contribution in [0, 0.1) is 19.8 Å². The topological polar surface area (TPSA) is 151 Å². The summed E-state index contributed by atoms with van der Waals surface area (Å²) in [5.41, 5.74) is 4.45. The van der Waals surface area contributed by atoms with E-state index >= 15 is 0 Å². The van der Waals surface area contributed by atoms with Gasteiger partial charge in [-0.15, -0.1) is 0 Å². The number of aliphatic hydroxyl groups excluding tert-OH is 2. The highest BCUT2D eigenvalue weighted by Gasteiger charge is 2.46. The Labute approximate surface area is 207 Å². The largest absolute Gasteiger partial charge is 0.390 e. The number of fused-ring (bicyclic) bond motifs is 1. The zero-order valence-corrected chi connectivity index (χ0v) is 20.3. The van der Waals surface area contributed by atoms with Gasteiger partial charge in [-0.25, -0.2) is 15.0 Å². The van der Waals surface area contributed by atoms with Gasteiger partial charge in [-0.2, -0.15) is 0 Å². The van der Waals surface area contributed by atoms with Crippen molar-refractivity contribution in [2.45, 2.75) is 45.1 Å². The Kier molecular flexibility index (Phi) is 6.33. The molecule has 186 valence electrons. The zero-order valence-electron chi connectivity index (χ0n) is 20.3. The molecule has 1 aliphatic carbocycles. The fourth-order valence-corrected chi connectivity index (χ4v) is 4.69. The highest BCUT2D eigenvalue weighted by atomic mass is 16.3. The molecule has 4 N–H and O–H groups in total. The molecule has 0 spiro atoms. The third-order valence-electron chi connectivity index (χ3n) is 6.53. The Morgan fingerprint density at radius 2 is 1.97 bits per heavy atom. The zero-order chi connectivity index (χ0) is 25.4. The second kappa shape index (κ2) is 9.59. The van der Waals surface area contributed by atoms with Crippen LogP contribution in [0.2, 0.25) is 0 Å². The van der Waals surface area contributed by atoms with E-state index in [9.17, 15) is 15.0 Å². The van der Waals surface area contributed by atoms with Gasteiger partial charge in [0.25, 0.3) is 0 Å². The molecule has 4 atom stereocenters. The van der Waals surface area contributed by atoms with Crippen molar-refractivity contribution in [1.82, 2.24) is 34.8 Å². The number of aromatic nitrogens is 6. The van der Waals surface area contributed by atoms with E-state index in [0.29, 0.717) is 29.4 Å². The molecule has 4 aromatic rings. The highest BCUT2D eigenvalue weighted by Crippen LogP contribution is 2.38. The standard InChI is InChI=1S/C25H28N8O3/c1-13-7-15(10-27-9-13)22-31-23(28-11-16-6-4-5-14(2)30-16)19-24(32-22)33(12-29-19)18-8-17(25(36)26-3)20(34)21(18)35/h4-7,9-10,12,17-18,20-21,34-35H,8,11H2,1-3H3,(H,26,36)(H,28,31,32)/t17-,18+,20+,21-/m0/s1. The van der Waals surface area contributed by atoms with Crippen LogP contribution < -0.4 is 10.6 Å². The van der Waals surface area contributed by atoms with Gasteiger partial charge in [-0.3, -0.25) is 14.8 Å². The number of carbonyl (C=O) groups excluding carboxylic acids is 1. The molecule has 4 heterocycles. The summed E-state index contributed by atoms with van der Waals surface area (Å²) in [5, 5.41) is 27.3. The van der Waals surface area contributed by atoms with E-state index in [-0.39, 0.29) is 12.3 Å². The average Bonchev–Trinajstić information content (AvgIpc) is 3.43. The monoisotopic (exact) mass is 488 g/mol. The number of anilines is 1. The second-order valence-electron chi connectivity index (χ2n) is 9.10. The summed E-state index contributed by atoms with van der Waals surface area (Å²) in [6.07, 6.45) is 2.91. The van der Waals surface area contributed by atoms with Crippen LogP contribution in [0.5, 0.6) is 0 Å². The van der Waals surface area contributed by atoms with E-state index in [1.165, 1.54) is 7.05 Å². The number of aliphatic hydroxyl groups is 2. The summed E-state index contributed by atoms with van der Waals surface area (Å²) in [4.78, 5) is 35.1. The molecule has 1 fully saturated rings. The Morgan fingerprint density at radius 1 is 1.14 bits per heavy atom. The summed E-state index contributed by atoms with van der Waals surface area (Å²) in [6.45, 7) is 4.30. The number of hydrogen-bond acceptors (Lipinski definition) is 9. The Bertz CT molecular complexity index is 1420. The van der Waals surface area contributed by atoms with Gasteiger partial charge >= 0.3 is 0 Å². The van der Waals surface area contributed by atoms with Crippen LogP contribution in [0.4, 0.5) is 5.82 Å². The van der Waals surface area contributed by atoms with Gasteiger partial charge in [0.1, 0.15) is 11.6 Å². The molecule has 0 aromatic carbocycles. The predicted octanol–water partition coefficient (Wildman–Crippen LogP) is 1.54. The van der Waals surface area contributed by atoms with E-state index in [1.807, 2.05) is 38.1 Å². The summed E-state index contributed by atoms with van der Waals surface area (Å²) in [5.74, 6) is -0.104. The Morgan fingerprint density at radius 3 is 2.72 bits per heavy atom. The van der Waals surface area contributed by atoms with Crippen LogP contribution in [0.15, 0.2) is 43.0 Å². The van der Waals surface area contributed by atoms with E-state index in [2.05, 4.69) is 25.6 Å². The minimum atomic E-state index is -1.19. The van der Waals surface area contributed by atoms with Crippen molar-refractivity contribution in [2.24, 2.45) is 5.92 Å². The van der Waals surface area contributed by atoms with Crippen LogP contribution in [0.1, 0.15) is 29.4 Å². The van der Waals surface area contributed by atoms with Crippen molar-refractivity contribution in [2.75, 3.05) is 12.4 Å². The number of nitrogens with one attached hydrogen (secondary N) is 2. The highest BCUT2D eigenvalue weighted by molar-refractivity contribution is 5.85. The first-order valence-electron chi connectivity index (χ1n) is 11.8. The molecule has 11 nitrogen and oxygen atoms in total. The molecular formula is C25H28N8O3. The molecule has 0 bridgehead atoms. The molecule has 4 aromatic heterocycles. The maximum absolute atomic E-state index is 12.3. The lowest BCUT2D eigenvalue weighted by atomic mass is 10.1. The number of rotatable bonds is 6. The van der Waals surface area contributed by atoms with Crippen molar-refractivity contribution < 1.29 is 15.0 Å². The van der Waals surface area contributed by atoms with Crippen molar-refractivity contribution in [3.8, 4) is 11.4 Å². The first-order valence-corrected chi connectivity index (χ1v) is 11.8. The van der Waals surface area contributed by atoms with E-state index in [0.717, 1.165) is 22.5 Å². The van der Waals surface area contributed by atoms with Crippen molar-refractivity contribution in [3.63, 3.8) is 0 Å². The quantitative estimate of drug-likeness (QED) is 0.317. The predicted molar refractivity (Wildman–Crippen MR) is 133 cm³/mol. The first-order chi connectivity index (χ1) is 17.4. The van der Waals surface area contributed by atoms with Crippen LogP contribution in [-0.4, -0.2) is 64.9 Å². The molecule has 11 heteroatoms. The lowest BCUT2D eigenvalue weighted by Crippen LogP contribution is -2.36.